The van der Waals surface area contributed by atoms with Crippen molar-refractivity contribution >= 4 is 28.9 Å². The molecule has 3 rings (SSSR count). The third kappa shape index (κ3) is 5.51. The highest BCUT2D eigenvalue weighted by atomic mass is 16.2. The third-order valence-electron chi connectivity index (χ3n) is 5.28. The average Bonchev–Trinajstić information content (AvgIpc) is 2.80. The fourth-order valence-electron chi connectivity index (χ4n) is 3.53. The van der Waals surface area contributed by atoms with Crippen LogP contribution in [-0.4, -0.2) is 24.9 Å². The van der Waals surface area contributed by atoms with Crippen molar-refractivity contribution in [2.24, 2.45) is 0 Å². The van der Waals surface area contributed by atoms with Gasteiger partial charge in [-0.15, -0.1) is 0 Å². The molecule has 160 valence electrons. The third-order valence-corrected chi connectivity index (χ3v) is 5.28. The zero-order valence-electron chi connectivity index (χ0n) is 18.3. The number of benzene rings is 3. The van der Waals surface area contributed by atoms with E-state index in [1.807, 2.05) is 85.8 Å². The Kier molecular flexibility index (Phi) is 7.44. The Hall–Kier alpha value is -3.60. The lowest BCUT2D eigenvalue weighted by atomic mass is 10.1. The number of hydrogen-bond acceptors (Lipinski definition) is 3. The lowest BCUT2D eigenvalue weighted by Gasteiger charge is -2.24. The number of hydrogen-bond donors (Lipinski definition) is 1. The number of aryl methyl sites for hydroxylation is 1. The maximum Gasteiger partial charge on any atom is 0.316 e. The van der Waals surface area contributed by atoms with Crippen LogP contribution in [0, 0.1) is 6.92 Å². The monoisotopic (exact) mass is 415 g/mol. The molecule has 1 N–H and O–H groups in total. The maximum absolute atomic E-state index is 13.1. The van der Waals surface area contributed by atoms with E-state index in [4.69, 9.17) is 0 Å². The summed E-state index contributed by atoms with van der Waals surface area (Å²) >= 11 is 0. The number of anilines is 3. The smallest absolute Gasteiger partial charge is 0.316 e. The molecule has 0 heterocycles. The molecule has 3 aromatic rings. The van der Waals surface area contributed by atoms with E-state index in [-0.39, 0.29) is 0 Å². The van der Waals surface area contributed by atoms with E-state index in [1.165, 1.54) is 4.90 Å². The molecule has 3 aromatic carbocycles. The van der Waals surface area contributed by atoms with Crippen molar-refractivity contribution < 1.29 is 9.59 Å². The molecule has 0 aromatic heterocycles. The van der Waals surface area contributed by atoms with Crippen LogP contribution >= 0.6 is 0 Å². The maximum atomic E-state index is 13.1. The number of para-hydroxylation sites is 1. The van der Waals surface area contributed by atoms with Gasteiger partial charge < -0.3 is 10.2 Å². The lowest BCUT2D eigenvalue weighted by Crippen LogP contribution is -2.39. The predicted molar refractivity (Wildman–Crippen MR) is 127 cm³/mol. The minimum Gasteiger partial charge on any atom is -0.372 e. The lowest BCUT2D eigenvalue weighted by molar-refractivity contribution is -0.134. The standard InChI is InChI=1S/C26H29N3O2/c1-4-28(5-2)23-16-17-24(20(3)18-23)27-25(30)26(31)29(22-14-10-7-11-15-22)19-21-12-8-6-9-13-21/h6-18H,4-5,19H2,1-3H3,(H,27,30). The second kappa shape index (κ2) is 10.4. The van der Waals surface area contributed by atoms with Crippen LogP contribution in [0.5, 0.6) is 0 Å². The molecule has 31 heavy (non-hydrogen) atoms. The van der Waals surface area contributed by atoms with Gasteiger partial charge in [0, 0.05) is 30.2 Å². The van der Waals surface area contributed by atoms with Gasteiger partial charge in [0.1, 0.15) is 0 Å². The Bertz CT molecular complexity index is 1020. The summed E-state index contributed by atoms with van der Waals surface area (Å²) in [6.07, 6.45) is 0. The Balaban J connectivity index is 1.81. The largest absolute Gasteiger partial charge is 0.372 e. The van der Waals surface area contributed by atoms with Crippen molar-refractivity contribution in [2.75, 3.05) is 28.2 Å². The van der Waals surface area contributed by atoms with E-state index >= 15 is 0 Å². The summed E-state index contributed by atoms with van der Waals surface area (Å²) in [4.78, 5) is 29.8. The van der Waals surface area contributed by atoms with Gasteiger partial charge in [-0.05, 0) is 62.2 Å². The number of rotatable bonds is 7. The molecule has 2 amide bonds. The second-order valence-electron chi connectivity index (χ2n) is 7.34. The van der Waals surface area contributed by atoms with Crippen LogP contribution in [0.15, 0.2) is 78.9 Å². The van der Waals surface area contributed by atoms with Crippen molar-refractivity contribution in [3.8, 4) is 0 Å². The van der Waals surface area contributed by atoms with Crippen LogP contribution in [-0.2, 0) is 16.1 Å². The number of carbonyl (C=O) groups is 2. The molecular formula is C26H29N3O2. The first-order valence-electron chi connectivity index (χ1n) is 10.6. The highest BCUT2D eigenvalue weighted by molar-refractivity contribution is 6.44. The molecular weight excluding hydrogens is 386 g/mol. The summed E-state index contributed by atoms with van der Waals surface area (Å²) in [7, 11) is 0. The summed E-state index contributed by atoms with van der Waals surface area (Å²) in [5.74, 6) is -1.25. The summed E-state index contributed by atoms with van der Waals surface area (Å²) in [6.45, 7) is 8.29. The molecule has 0 aliphatic heterocycles. The molecule has 5 nitrogen and oxygen atoms in total. The highest BCUT2D eigenvalue weighted by Gasteiger charge is 2.24. The fourth-order valence-corrected chi connectivity index (χ4v) is 3.53. The first kappa shape index (κ1) is 22.1. The molecule has 5 heteroatoms. The van der Waals surface area contributed by atoms with Gasteiger partial charge in [-0.2, -0.15) is 0 Å². The molecule has 0 aliphatic carbocycles. The van der Waals surface area contributed by atoms with E-state index in [0.29, 0.717) is 17.9 Å². The van der Waals surface area contributed by atoms with Crippen molar-refractivity contribution in [1.82, 2.24) is 0 Å². The van der Waals surface area contributed by atoms with Crippen molar-refractivity contribution in [3.63, 3.8) is 0 Å². The van der Waals surface area contributed by atoms with Crippen LogP contribution < -0.4 is 15.1 Å². The van der Waals surface area contributed by atoms with E-state index < -0.39 is 11.8 Å². The van der Waals surface area contributed by atoms with Gasteiger partial charge in [-0.3, -0.25) is 14.5 Å². The number of amides is 2. The van der Waals surface area contributed by atoms with Gasteiger partial charge in [-0.1, -0.05) is 48.5 Å². The first-order valence-corrected chi connectivity index (χ1v) is 10.6. The number of carbonyl (C=O) groups excluding carboxylic acids is 2. The van der Waals surface area contributed by atoms with Crippen LogP contribution in [0.25, 0.3) is 0 Å². The average molecular weight is 416 g/mol. The van der Waals surface area contributed by atoms with Gasteiger partial charge in [0.15, 0.2) is 0 Å². The van der Waals surface area contributed by atoms with Gasteiger partial charge in [0.2, 0.25) is 0 Å². The highest BCUT2D eigenvalue weighted by Crippen LogP contribution is 2.23. The Morgan fingerprint density at radius 1 is 0.806 bits per heavy atom. The minimum atomic E-state index is -0.654. The molecule has 0 bridgehead atoms. The van der Waals surface area contributed by atoms with E-state index in [2.05, 4.69) is 24.1 Å². The molecule has 0 atom stereocenters. The molecule has 0 fully saturated rings. The van der Waals surface area contributed by atoms with Crippen LogP contribution in [0.2, 0.25) is 0 Å². The normalized spacial score (nSPS) is 10.4. The fraction of sp³-hybridized carbons (Fsp3) is 0.231. The Morgan fingerprint density at radius 3 is 2.00 bits per heavy atom. The Labute approximate surface area is 184 Å². The summed E-state index contributed by atoms with van der Waals surface area (Å²) in [6, 6.07) is 24.8. The van der Waals surface area contributed by atoms with Crippen molar-refractivity contribution in [1.29, 1.82) is 0 Å². The van der Waals surface area contributed by atoms with Crippen LogP contribution in [0.4, 0.5) is 17.1 Å². The molecule has 0 unspecified atom stereocenters. The quantitative estimate of drug-likeness (QED) is 0.552. The minimum absolute atomic E-state index is 0.316. The first-order chi connectivity index (χ1) is 15.0. The number of nitrogens with one attached hydrogen (secondary N) is 1. The van der Waals surface area contributed by atoms with Crippen LogP contribution in [0.1, 0.15) is 25.0 Å². The summed E-state index contributed by atoms with van der Waals surface area (Å²) in [5.41, 5.74) is 4.29. The van der Waals surface area contributed by atoms with Crippen LogP contribution in [0.3, 0.4) is 0 Å². The second-order valence-corrected chi connectivity index (χ2v) is 7.34. The van der Waals surface area contributed by atoms with E-state index in [1.54, 1.807) is 0 Å². The topological polar surface area (TPSA) is 52.7 Å². The molecule has 0 aliphatic rings. The van der Waals surface area contributed by atoms with Gasteiger partial charge in [0.05, 0.1) is 6.54 Å². The number of nitrogens with zero attached hydrogens (tertiary/aromatic N) is 2. The summed E-state index contributed by atoms with van der Waals surface area (Å²) in [5, 5.41) is 2.80. The zero-order chi connectivity index (χ0) is 22.2. The van der Waals surface area contributed by atoms with Crippen molar-refractivity contribution in [3.05, 3.63) is 90.0 Å². The van der Waals surface area contributed by atoms with Gasteiger partial charge in [0.25, 0.3) is 0 Å². The molecule has 0 spiro atoms. The van der Waals surface area contributed by atoms with E-state index in [0.717, 1.165) is 29.9 Å². The van der Waals surface area contributed by atoms with Gasteiger partial charge >= 0.3 is 11.8 Å². The zero-order valence-corrected chi connectivity index (χ0v) is 18.3. The van der Waals surface area contributed by atoms with Gasteiger partial charge in [-0.25, -0.2) is 0 Å². The SMILES string of the molecule is CCN(CC)c1ccc(NC(=O)C(=O)N(Cc2ccccc2)c2ccccc2)c(C)c1. The van der Waals surface area contributed by atoms with E-state index in [9.17, 15) is 9.59 Å². The Morgan fingerprint density at radius 2 is 1.42 bits per heavy atom. The molecule has 0 radical (unpaired) electrons. The van der Waals surface area contributed by atoms with Crippen molar-refractivity contribution in [2.45, 2.75) is 27.3 Å². The molecule has 0 saturated heterocycles. The predicted octanol–water partition coefficient (Wildman–Crippen LogP) is 5.01. The molecule has 0 saturated carbocycles. The summed E-state index contributed by atoms with van der Waals surface area (Å²) < 4.78 is 0.